The predicted molar refractivity (Wildman–Crippen MR) is 85.6 cm³/mol. The van der Waals surface area contributed by atoms with Crippen LogP contribution in [0.4, 0.5) is 5.69 Å². The molecular weight excluding hydrogens is 320 g/mol. The van der Waals surface area contributed by atoms with Gasteiger partial charge in [-0.2, -0.15) is 0 Å². The Morgan fingerprint density at radius 1 is 1.17 bits per heavy atom. The number of nitro groups is 1. The van der Waals surface area contributed by atoms with Crippen molar-refractivity contribution in [2.24, 2.45) is 0 Å². The fraction of sp³-hybridized carbons (Fsp3) is 0.312. The predicted octanol–water partition coefficient (Wildman–Crippen LogP) is 4.13. The largest absolute Gasteiger partial charge is 0.451 e. The molecule has 2 heterocycles. The van der Waals surface area contributed by atoms with Gasteiger partial charge in [-0.15, -0.1) is 0 Å². The smallest absolute Gasteiger partial charge is 0.289 e. The molecule has 0 spiro atoms. The zero-order valence-electron chi connectivity index (χ0n) is 12.3. The summed E-state index contributed by atoms with van der Waals surface area (Å²) in [6, 6.07) is 7.32. The van der Waals surface area contributed by atoms with E-state index in [0.717, 1.165) is 32.4 Å². The number of likely N-dealkylation sites (tertiary alicyclic amines) is 1. The summed E-state index contributed by atoms with van der Waals surface area (Å²) in [5, 5.41) is 11.2. The third kappa shape index (κ3) is 3.22. The highest BCUT2D eigenvalue weighted by molar-refractivity contribution is 6.33. The minimum Gasteiger partial charge on any atom is -0.451 e. The molecule has 2 aromatic rings. The van der Waals surface area contributed by atoms with Gasteiger partial charge in [-0.25, -0.2) is 0 Å². The normalized spacial score (nSPS) is 14.7. The zero-order chi connectivity index (χ0) is 16.4. The highest BCUT2D eigenvalue weighted by atomic mass is 35.5. The fourth-order valence-electron chi connectivity index (χ4n) is 2.67. The summed E-state index contributed by atoms with van der Waals surface area (Å²) in [5.41, 5.74) is 0.322. The molecule has 1 aliphatic heterocycles. The molecule has 1 fully saturated rings. The average Bonchev–Trinajstić information content (AvgIpc) is 3.05. The summed E-state index contributed by atoms with van der Waals surface area (Å²) in [6.07, 6.45) is 3.13. The number of benzene rings is 1. The van der Waals surface area contributed by atoms with Gasteiger partial charge in [0.05, 0.1) is 9.95 Å². The van der Waals surface area contributed by atoms with Crippen LogP contribution in [0.25, 0.3) is 11.3 Å². The molecule has 1 aliphatic rings. The molecule has 7 heteroatoms. The van der Waals surface area contributed by atoms with Crippen LogP contribution in [0.15, 0.2) is 34.7 Å². The number of halogens is 1. The first kappa shape index (κ1) is 15.6. The number of piperidine rings is 1. The highest BCUT2D eigenvalue weighted by Gasteiger charge is 2.22. The van der Waals surface area contributed by atoms with E-state index in [1.165, 1.54) is 18.2 Å². The molecule has 23 heavy (non-hydrogen) atoms. The van der Waals surface area contributed by atoms with Crippen LogP contribution >= 0.6 is 11.6 Å². The van der Waals surface area contributed by atoms with Crippen LogP contribution in [0.3, 0.4) is 0 Å². The van der Waals surface area contributed by atoms with Gasteiger partial charge in [0.15, 0.2) is 5.76 Å². The van der Waals surface area contributed by atoms with Crippen LogP contribution in [-0.4, -0.2) is 28.8 Å². The SMILES string of the molecule is O=C(c1ccc(-c2cc([N+](=O)[O-])ccc2Cl)o1)N1CCCCC1. The molecule has 3 rings (SSSR count). The third-order valence-corrected chi connectivity index (χ3v) is 4.22. The zero-order valence-corrected chi connectivity index (χ0v) is 13.1. The second-order valence-electron chi connectivity index (χ2n) is 5.44. The van der Waals surface area contributed by atoms with Gasteiger partial charge >= 0.3 is 0 Å². The van der Waals surface area contributed by atoms with E-state index < -0.39 is 4.92 Å². The van der Waals surface area contributed by atoms with E-state index in [1.807, 2.05) is 0 Å². The first-order valence-electron chi connectivity index (χ1n) is 7.39. The molecule has 1 aromatic carbocycles. The number of hydrogen-bond donors (Lipinski definition) is 0. The van der Waals surface area contributed by atoms with Crippen molar-refractivity contribution in [2.45, 2.75) is 19.3 Å². The van der Waals surface area contributed by atoms with Crippen molar-refractivity contribution >= 4 is 23.2 Å². The maximum absolute atomic E-state index is 12.4. The van der Waals surface area contributed by atoms with Gasteiger partial charge in [-0.05, 0) is 37.5 Å². The van der Waals surface area contributed by atoms with Crippen LogP contribution in [-0.2, 0) is 0 Å². The Bertz CT molecular complexity index is 750. The van der Waals surface area contributed by atoms with Gasteiger partial charge in [-0.3, -0.25) is 14.9 Å². The van der Waals surface area contributed by atoms with Crippen molar-refractivity contribution in [1.29, 1.82) is 0 Å². The minimum atomic E-state index is -0.497. The van der Waals surface area contributed by atoms with Gasteiger partial charge in [0.2, 0.25) is 0 Å². The highest BCUT2D eigenvalue weighted by Crippen LogP contribution is 2.33. The number of hydrogen-bond acceptors (Lipinski definition) is 4. The van der Waals surface area contributed by atoms with Gasteiger partial charge < -0.3 is 9.32 Å². The van der Waals surface area contributed by atoms with E-state index in [1.54, 1.807) is 17.0 Å². The fourth-order valence-corrected chi connectivity index (χ4v) is 2.88. The van der Waals surface area contributed by atoms with E-state index >= 15 is 0 Å². The van der Waals surface area contributed by atoms with E-state index in [0.29, 0.717) is 16.3 Å². The van der Waals surface area contributed by atoms with E-state index in [9.17, 15) is 14.9 Å². The first-order chi connectivity index (χ1) is 11.1. The number of nitrogens with zero attached hydrogens (tertiary/aromatic N) is 2. The molecule has 0 radical (unpaired) electrons. The molecule has 0 bridgehead atoms. The number of nitro benzene ring substituents is 1. The van der Waals surface area contributed by atoms with Crippen molar-refractivity contribution in [3.8, 4) is 11.3 Å². The molecule has 1 saturated heterocycles. The average molecular weight is 335 g/mol. The van der Waals surface area contributed by atoms with Crippen LogP contribution in [0.1, 0.15) is 29.8 Å². The summed E-state index contributed by atoms with van der Waals surface area (Å²) >= 11 is 6.10. The molecule has 1 aromatic heterocycles. The monoisotopic (exact) mass is 334 g/mol. The van der Waals surface area contributed by atoms with Crippen LogP contribution < -0.4 is 0 Å². The number of carbonyl (C=O) groups is 1. The first-order valence-corrected chi connectivity index (χ1v) is 7.77. The molecule has 0 N–H and O–H groups in total. The minimum absolute atomic E-state index is 0.0790. The number of furan rings is 1. The molecule has 0 saturated carbocycles. The Morgan fingerprint density at radius 2 is 1.91 bits per heavy atom. The van der Waals surface area contributed by atoms with E-state index in [2.05, 4.69) is 0 Å². The van der Waals surface area contributed by atoms with Gasteiger partial charge in [0, 0.05) is 30.8 Å². The Hall–Kier alpha value is -2.34. The Balaban J connectivity index is 1.88. The lowest BCUT2D eigenvalue weighted by molar-refractivity contribution is -0.384. The second-order valence-corrected chi connectivity index (χ2v) is 5.85. The lowest BCUT2D eigenvalue weighted by Gasteiger charge is -2.25. The number of carbonyl (C=O) groups excluding carboxylic acids is 1. The summed E-state index contributed by atoms with van der Waals surface area (Å²) in [7, 11) is 0. The Labute approximate surface area is 137 Å². The topological polar surface area (TPSA) is 76.6 Å². The van der Waals surface area contributed by atoms with Crippen LogP contribution in [0, 0.1) is 10.1 Å². The summed E-state index contributed by atoms with van der Waals surface area (Å²) in [4.78, 5) is 24.5. The molecule has 1 amide bonds. The molecule has 0 aliphatic carbocycles. The third-order valence-electron chi connectivity index (χ3n) is 3.89. The summed E-state index contributed by atoms with van der Waals surface area (Å²) < 4.78 is 5.60. The van der Waals surface area contributed by atoms with Crippen molar-refractivity contribution in [2.75, 3.05) is 13.1 Å². The van der Waals surface area contributed by atoms with Crippen molar-refractivity contribution in [3.63, 3.8) is 0 Å². The number of rotatable bonds is 3. The molecule has 0 unspecified atom stereocenters. The lowest BCUT2D eigenvalue weighted by Crippen LogP contribution is -2.35. The quantitative estimate of drug-likeness (QED) is 0.624. The van der Waals surface area contributed by atoms with Gasteiger partial charge in [-0.1, -0.05) is 11.6 Å². The van der Waals surface area contributed by atoms with Gasteiger partial charge in [0.1, 0.15) is 5.76 Å². The number of non-ortho nitro benzene ring substituents is 1. The second kappa shape index (κ2) is 6.42. The lowest BCUT2D eigenvalue weighted by atomic mass is 10.1. The van der Waals surface area contributed by atoms with Gasteiger partial charge in [0.25, 0.3) is 11.6 Å². The van der Waals surface area contributed by atoms with E-state index in [4.69, 9.17) is 16.0 Å². The maximum atomic E-state index is 12.4. The van der Waals surface area contributed by atoms with Crippen LogP contribution in [0.5, 0.6) is 0 Å². The number of amides is 1. The van der Waals surface area contributed by atoms with Crippen molar-refractivity contribution < 1.29 is 14.1 Å². The van der Waals surface area contributed by atoms with Crippen molar-refractivity contribution in [1.82, 2.24) is 4.90 Å². The van der Waals surface area contributed by atoms with Crippen molar-refractivity contribution in [3.05, 3.63) is 51.2 Å². The molecular formula is C16H15ClN2O4. The Morgan fingerprint density at radius 3 is 2.61 bits per heavy atom. The summed E-state index contributed by atoms with van der Waals surface area (Å²) in [5.74, 6) is 0.418. The molecule has 0 atom stereocenters. The Kier molecular flexibility index (Phi) is 4.34. The maximum Gasteiger partial charge on any atom is 0.289 e. The summed E-state index contributed by atoms with van der Waals surface area (Å²) in [6.45, 7) is 1.46. The molecule has 6 nitrogen and oxygen atoms in total. The standard InChI is InChI=1S/C16H15ClN2O4/c17-13-5-4-11(19(21)22)10-12(13)14-6-7-15(23-14)16(20)18-8-2-1-3-9-18/h4-7,10H,1-3,8-9H2. The van der Waals surface area contributed by atoms with Crippen LogP contribution in [0.2, 0.25) is 5.02 Å². The molecule has 120 valence electrons. The van der Waals surface area contributed by atoms with E-state index in [-0.39, 0.29) is 17.4 Å².